The van der Waals surface area contributed by atoms with E-state index in [0.717, 1.165) is 55.1 Å². The molecule has 0 spiro atoms. The average Bonchev–Trinajstić information content (AvgIpc) is 3.57. The summed E-state index contributed by atoms with van der Waals surface area (Å²) in [6.45, 7) is 0. The summed E-state index contributed by atoms with van der Waals surface area (Å²) in [5.74, 6) is 1.85. The lowest BCUT2D eigenvalue weighted by Crippen LogP contribution is -2.00. The highest BCUT2D eigenvalue weighted by Gasteiger charge is 2.20. The van der Waals surface area contributed by atoms with Gasteiger partial charge < -0.3 is 4.42 Å². The van der Waals surface area contributed by atoms with E-state index in [4.69, 9.17) is 19.4 Å². The van der Waals surface area contributed by atoms with Gasteiger partial charge in [-0.25, -0.2) is 15.0 Å². The summed E-state index contributed by atoms with van der Waals surface area (Å²) in [7, 11) is 0. The normalized spacial score (nSPS) is 11.7. The van der Waals surface area contributed by atoms with Gasteiger partial charge in [0.2, 0.25) is 0 Å². The molecule has 0 aliphatic heterocycles. The van der Waals surface area contributed by atoms with Crippen molar-refractivity contribution >= 4 is 54.3 Å². The summed E-state index contributed by atoms with van der Waals surface area (Å²) in [6.07, 6.45) is 0. The second kappa shape index (κ2) is 11.0. The molecule has 49 heavy (non-hydrogen) atoms. The van der Waals surface area contributed by atoms with E-state index in [1.165, 1.54) is 26.9 Å². The monoisotopic (exact) mass is 625 g/mol. The Kier molecular flexibility index (Phi) is 6.15. The minimum Gasteiger partial charge on any atom is -0.455 e. The lowest BCUT2D eigenvalue weighted by Gasteiger charge is -2.10. The molecular formula is C45H27N3O. The number of para-hydroxylation sites is 1. The average molecular weight is 626 g/mol. The highest BCUT2D eigenvalue weighted by atomic mass is 16.3. The largest absolute Gasteiger partial charge is 0.455 e. The third-order valence-electron chi connectivity index (χ3n) is 9.49. The Bertz CT molecular complexity index is 2890. The number of benzene rings is 8. The Morgan fingerprint density at radius 1 is 0.347 bits per heavy atom. The number of hydrogen-bond donors (Lipinski definition) is 0. The molecule has 8 aromatic carbocycles. The maximum absolute atomic E-state index is 6.65. The van der Waals surface area contributed by atoms with Crippen LogP contribution in [0.15, 0.2) is 168 Å². The first-order valence-electron chi connectivity index (χ1n) is 16.4. The fraction of sp³-hybridized carbons (Fsp3) is 0. The van der Waals surface area contributed by atoms with Gasteiger partial charge in [0.05, 0.1) is 0 Å². The van der Waals surface area contributed by atoms with Gasteiger partial charge in [-0.15, -0.1) is 0 Å². The van der Waals surface area contributed by atoms with Gasteiger partial charge >= 0.3 is 0 Å². The molecule has 0 fully saturated rings. The van der Waals surface area contributed by atoms with Crippen LogP contribution in [0.3, 0.4) is 0 Å². The molecule has 0 saturated heterocycles. The summed E-state index contributed by atoms with van der Waals surface area (Å²) < 4.78 is 6.65. The Balaban J connectivity index is 1.18. The summed E-state index contributed by atoms with van der Waals surface area (Å²) >= 11 is 0. The molecule has 0 saturated carbocycles. The molecule has 4 heteroatoms. The van der Waals surface area contributed by atoms with Crippen molar-refractivity contribution in [2.75, 3.05) is 0 Å². The van der Waals surface area contributed by atoms with E-state index in [0.29, 0.717) is 17.5 Å². The van der Waals surface area contributed by atoms with Crippen molar-refractivity contribution in [3.05, 3.63) is 164 Å². The van der Waals surface area contributed by atoms with E-state index in [-0.39, 0.29) is 0 Å². The Hall–Kier alpha value is -6.65. The summed E-state index contributed by atoms with van der Waals surface area (Å²) in [5, 5.41) is 9.22. The first kappa shape index (κ1) is 27.5. The topological polar surface area (TPSA) is 51.8 Å². The third kappa shape index (κ3) is 4.57. The van der Waals surface area contributed by atoms with Gasteiger partial charge in [0.1, 0.15) is 11.2 Å². The van der Waals surface area contributed by atoms with Crippen LogP contribution in [0.5, 0.6) is 0 Å². The molecule has 2 aromatic heterocycles. The third-order valence-corrected chi connectivity index (χ3v) is 9.49. The van der Waals surface area contributed by atoms with Crippen LogP contribution in [0.25, 0.3) is 99.5 Å². The van der Waals surface area contributed by atoms with Gasteiger partial charge in [-0.3, -0.25) is 0 Å². The standard InChI is InChI=1S/C45H27N3O/c1-2-12-30(13-3-1)43-46-44(34-24-25-36-32(27-34)23-21-29-11-6-7-15-35(29)36)48-45(47-43)39-18-9-19-40-41(39)38-17-8-16-37(42(38)49-40)33-22-20-28-10-4-5-14-31(28)26-33/h1-27H. The SMILES string of the molecule is c1ccc(-c2nc(-c3ccc4c(ccc5ccccc54)c3)nc(-c3cccc4oc5c(-c6ccc7ccccc7c6)cccc5c34)n2)cc1. The summed E-state index contributed by atoms with van der Waals surface area (Å²) in [4.78, 5) is 15.3. The fourth-order valence-electron chi connectivity index (χ4n) is 7.11. The quantitative estimate of drug-likeness (QED) is 0.183. The number of rotatable bonds is 4. The number of hydrogen-bond acceptors (Lipinski definition) is 4. The van der Waals surface area contributed by atoms with E-state index < -0.39 is 0 Å². The Morgan fingerprint density at radius 2 is 0.959 bits per heavy atom. The molecule has 0 unspecified atom stereocenters. The van der Waals surface area contributed by atoms with E-state index in [2.05, 4.69) is 121 Å². The predicted octanol–water partition coefficient (Wildman–Crippen LogP) is 11.9. The fourth-order valence-corrected chi connectivity index (χ4v) is 7.11. The molecule has 4 nitrogen and oxygen atoms in total. The van der Waals surface area contributed by atoms with Crippen LogP contribution in [0.4, 0.5) is 0 Å². The van der Waals surface area contributed by atoms with Crippen molar-refractivity contribution in [2.24, 2.45) is 0 Å². The van der Waals surface area contributed by atoms with E-state index in [1.807, 2.05) is 42.5 Å². The first-order valence-corrected chi connectivity index (χ1v) is 16.4. The minimum atomic E-state index is 0.604. The predicted molar refractivity (Wildman–Crippen MR) is 201 cm³/mol. The maximum Gasteiger partial charge on any atom is 0.164 e. The lowest BCUT2D eigenvalue weighted by atomic mass is 9.98. The molecule has 0 radical (unpaired) electrons. The molecule has 10 rings (SSSR count). The van der Waals surface area contributed by atoms with Crippen molar-refractivity contribution in [2.45, 2.75) is 0 Å². The van der Waals surface area contributed by atoms with Gasteiger partial charge in [0, 0.05) is 33.0 Å². The molecular weight excluding hydrogens is 599 g/mol. The van der Waals surface area contributed by atoms with Crippen molar-refractivity contribution in [1.29, 1.82) is 0 Å². The molecule has 10 aromatic rings. The zero-order chi connectivity index (χ0) is 32.3. The second-order valence-electron chi connectivity index (χ2n) is 12.4. The van der Waals surface area contributed by atoms with E-state index in [1.54, 1.807) is 0 Å². The maximum atomic E-state index is 6.65. The van der Waals surface area contributed by atoms with Crippen molar-refractivity contribution in [3.63, 3.8) is 0 Å². The number of nitrogens with zero attached hydrogens (tertiary/aromatic N) is 3. The molecule has 228 valence electrons. The first-order chi connectivity index (χ1) is 24.3. The smallest absolute Gasteiger partial charge is 0.164 e. The van der Waals surface area contributed by atoms with Crippen LogP contribution in [-0.4, -0.2) is 15.0 Å². The molecule has 0 aliphatic rings. The van der Waals surface area contributed by atoms with Crippen molar-refractivity contribution < 1.29 is 4.42 Å². The van der Waals surface area contributed by atoms with E-state index >= 15 is 0 Å². The summed E-state index contributed by atoms with van der Waals surface area (Å²) in [6, 6.07) is 56.9. The van der Waals surface area contributed by atoms with Gasteiger partial charge in [-0.1, -0.05) is 146 Å². The Morgan fingerprint density at radius 3 is 1.86 bits per heavy atom. The number of aromatic nitrogens is 3. The zero-order valence-electron chi connectivity index (χ0n) is 26.3. The highest BCUT2D eigenvalue weighted by molar-refractivity contribution is 6.15. The van der Waals surface area contributed by atoms with Crippen LogP contribution in [0, 0.1) is 0 Å². The van der Waals surface area contributed by atoms with E-state index in [9.17, 15) is 0 Å². The molecule has 0 atom stereocenters. The molecule has 0 amide bonds. The van der Waals surface area contributed by atoms with Crippen LogP contribution >= 0.6 is 0 Å². The van der Waals surface area contributed by atoms with Crippen LogP contribution in [0.2, 0.25) is 0 Å². The Labute approximate surface area is 282 Å². The van der Waals surface area contributed by atoms with Crippen molar-refractivity contribution in [1.82, 2.24) is 15.0 Å². The summed E-state index contributed by atoms with van der Waals surface area (Å²) in [5.41, 5.74) is 6.58. The molecule has 0 N–H and O–H groups in total. The molecule has 0 bridgehead atoms. The lowest BCUT2D eigenvalue weighted by molar-refractivity contribution is 0.670. The minimum absolute atomic E-state index is 0.604. The van der Waals surface area contributed by atoms with Crippen LogP contribution < -0.4 is 0 Å². The molecule has 2 heterocycles. The second-order valence-corrected chi connectivity index (χ2v) is 12.4. The van der Waals surface area contributed by atoms with Gasteiger partial charge in [0.15, 0.2) is 17.5 Å². The van der Waals surface area contributed by atoms with Crippen molar-refractivity contribution in [3.8, 4) is 45.3 Å². The van der Waals surface area contributed by atoms with Gasteiger partial charge in [-0.05, 0) is 56.1 Å². The van der Waals surface area contributed by atoms with Crippen LogP contribution in [-0.2, 0) is 0 Å². The number of fused-ring (bicyclic) bond motifs is 7. The zero-order valence-corrected chi connectivity index (χ0v) is 26.3. The van der Waals surface area contributed by atoms with Gasteiger partial charge in [0.25, 0.3) is 0 Å². The highest BCUT2D eigenvalue weighted by Crippen LogP contribution is 2.41. The van der Waals surface area contributed by atoms with Crippen LogP contribution in [0.1, 0.15) is 0 Å². The van der Waals surface area contributed by atoms with Gasteiger partial charge in [-0.2, -0.15) is 0 Å². The number of furan rings is 1. The molecule has 0 aliphatic carbocycles.